The second-order valence-corrected chi connectivity index (χ2v) is 6.33. The molecule has 0 saturated carbocycles. The van der Waals surface area contributed by atoms with Crippen LogP contribution in [-0.4, -0.2) is 24.9 Å². The quantitative estimate of drug-likeness (QED) is 0.892. The number of nitrogens with one attached hydrogen (secondary N) is 1. The van der Waals surface area contributed by atoms with Crippen LogP contribution in [0.4, 0.5) is 10.1 Å². The van der Waals surface area contributed by atoms with Crippen LogP contribution in [-0.2, 0) is 10.5 Å². The van der Waals surface area contributed by atoms with E-state index in [2.05, 4.69) is 5.32 Å². The van der Waals surface area contributed by atoms with Crippen molar-refractivity contribution in [3.63, 3.8) is 0 Å². The van der Waals surface area contributed by atoms with Crippen LogP contribution in [0.5, 0.6) is 11.5 Å². The van der Waals surface area contributed by atoms with Gasteiger partial charge >= 0.3 is 0 Å². The lowest BCUT2D eigenvalue weighted by molar-refractivity contribution is -0.113. The van der Waals surface area contributed by atoms with Gasteiger partial charge in [-0.1, -0.05) is 18.2 Å². The van der Waals surface area contributed by atoms with E-state index in [4.69, 9.17) is 9.47 Å². The Morgan fingerprint density at radius 3 is 2.75 bits per heavy atom. The molecule has 1 N–H and O–H groups in total. The zero-order valence-electron chi connectivity index (χ0n) is 13.1. The Morgan fingerprint density at radius 1 is 1.12 bits per heavy atom. The highest BCUT2D eigenvalue weighted by Gasteiger charge is 2.12. The number of carbonyl (C=O) groups is 1. The van der Waals surface area contributed by atoms with Gasteiger partial charge in [0, 0.05) is 23.9 Å². The van der Waals surface area contributed by atoms with E-state index in [1.165, 1.54) is 17.8 Å². The first-order valence-corrected chi connectivity index (χ1v) is 8.88. The molecule has 0 bridgehead atoms. The summed E-state index contributed by atoms with van der Waals surface area (Å²) in [6.45, 7) is 1.23. The maximum atomic E-state index is 13.5. The molecule has 24 heavy (non-hydrogen) atoms. The molecule has 0 aromatic heterocycles. The molecule has 0 saturated heterocycles. The van der Waals surface area contributed by atoms with E-state index < -0.39 is 0 Å². The van der Waals surface area contributed by atoms with Crippen molar-refractivity contribution in [2.45, 2.75) is 12.2 Å². The summed E-state index contributed by atoms with van der Waals surface area (Å²) in [4.78, 5) is 12.0. The molecule has 6 heteroatoms. The fourth-order valence-electron chi connectivity index (χ4n) is 2.31. The normalized spacial score (nSPS) is 13.2. The first-order chi connectivity index (χ1) is 11.7. The highest BCUT2D eigenvalue weighted by atomic mass is 32.2. The van der Waals surface area contributed by atoms with Crippen LogP contribution in [0.2, 0.25) is 0 Å². The summed E-state index contributed by atoms with van der Waals surface area (Å²) in [5.41, 5.74) is 1.27. The molecule has 2 aromatic carbocycles. The molecule has 1 aliphatic rings. The fraction of sp³-hybridized carbons (Fsp3) is 0.278. The Labute approximate surface area is 144 Å². The summed E-state index contributed by atoms with van der Waals surface area (Å²) in [5, 5.41) is 2.82. The maximum Gasteiger partial charge on any atom is 0.234 e. The lowest BCUT2D eigenvalue weighted by Crippen LogP contribution is -2.14. The summed E-state index contributed by atoms with van der Waals surface area (Å²) < 4.78 is 24.7. The number of anilines is 1. The molecule has 4 nitrogen and oxygen atoms in total. The molecule has 126 valence electrons. The van der Waals surface area contributed by atoms with Crippen molar-refractivity contribution in [2.75, 3.05) is 24.3 Å². The molecule has 1 heterocycles. The Morgan fingerprint density at radius 2 is 1.92 bits per heavy atom. The monoisotopic (exact) mass is 347 g/mol. The number of hydrogen-bond acceptors (Lipinski definition) is 4. The number of benzene rings is 2. The van der Waals surface area contributed by atoms with Gasteiger partial charge in [-0.25, -0.2) is 4.39 Å². The Balaban J connectivity index is 1.52. The lowest BCUT2D eigenvalue weighted by Gasteiger charge is -2.10. The zero-order valence-corrected chi connectivity index (χ0v) is 13.9. The van der Waals surface area contributed by atoms with Crippen LogP contribution in [0.3, 0.4) is 0 Å². The van der Waals surface area contributed by atoms with Gasteiger partial charge in [0.2, 0.25) is 5.91 Å². The molecule has 0 spiro atoms. The van der Waals surface area contributed by atoms with Gasteiger partial charge in [0.25, 0.3) is 0 Å². The van der Waals surface area contributed by atoms with Crippen molar-refractivity contribution in [3.05, 3.63) is 53.8 Å². The third-order valence-corrected chi connectivity index (χ3v) is 4.46. The SMILES string of the molecule is O=C(CSCc1ccccc1F)Nc1ccc2c(c1)OCCCO2. The molecule has 0 fully saturated rings. The van der Waals surface area contributed by atoms with Gasteiger partial charge in [-0.15, -0.1) is 11.8 Å². The second kappa shape index (κ2) is 8.06. The minimum atomic E-state index is -0.242. The van der Waals surface area contributed by atoms with Crippen LogP contribution >= 0.6 is 11.8 Å². The predicted molar refractivity (Wildman–Crippen MR) is 93.2 cm³/mol. The standard InChI is InChI=1S/C18H18FNO3S/c19-15-5-2-1-4-13(15)11-24-12-18(21)20-14-6-7-16-17(10-14)23-9-3-8-22-16/h1-2,4-7,10H,3,8-9,11-12H2,(H,20,21). The number of thioether (sulfide) groups is 1. The topological polar surface area (TPSA) is 47.6 Å². The second-order valence-electron chi connectivity index (χ2n) is 5.34. The van der Waals surface area contributed by atoms with Crippen molar-refractivity contribution in [3.8, 4) is 11.5 Å². The molecule has 3 rings (SSSR count). The van der Waals surface area contributed by atoms with Crippen molar-refractivity contribution in [1.29, 1.82) is 0 Å². The molecule has 0 unspecified atom stereocenters. The number of ether oxygens (including phenoxy) is 2. The van der Waals surface area contributed by atoms with E-state index >= 15 is 0 Å². The predicted octanol–water partition coefficient (Wildman–Crippen LogP) is 3.86. The molecule has 1 aliphatic heterocycles. The number of hydrogen-bond donors (Lipinski definition) is 1. The third kappa shape index (κ3) is 4.41. The minimum Gasteiger partial charge on any atom is -0.490 e. The average Bonchev–Trinajstić information content (AvgIpc) is 2.81. The van der Waals surface area contributed by atoms with Crippen LogP contribution in [0.1, 0.15) is 12.0 Å². The minimum absolute atomic E-state index is 0.133. The van der Waals surface area contributed by atoms with E-state index in [-0.39, 0.29) is 17.5 Å². The average molecular weight is 347 g/mol. The number of rotatable bonds is 5. The Kier molecular flexibility index (Phi) is 5.59. The number of carbonyl (C=O) groups excluding carboxylic acids is 1. The van der Waals surface area contributed by atoms with Gasteiger partial charge in [-0.2, -0.15) is 0 Å². The summed E-state index contributed by atoms with van der Waals surface area (Å²) in [5.74, 6) is 1.67. The molecular weight excluding hydrogens is 329 g/mol. The number of halogens is 1. The van der Waals surface area contributed by atoms with Crippen molar-refractivity contribution < 1.29 is 18.7 Å². The van der Waals surface area contributed by atoms with Crippen molar-refractivity contribution in [2.24, 2.45) is 0 Å². The molecule has 1 amide bonds. The number of amides is 1. The highest BCUT2D eigenvalue weighted by Crippen LogP contribution is 2.32. The molecule has 2 aromatic rings. The van der Waals surface area contributed by atoms with Gasteiger partial charge in [-0.05, 0) is 23.8 Å². The smallest absolute Gasteiger partial charge is 0.234 e. The van der Waals surface area contributed by atoms with Gasteiger partial charge in [-0.3, -0.25) is 4.79 Å². The van der Waals surface area contributed by atoms with E-state index in [0.29, 0.717) is 41.7 Å². The maximum absolute atomic E-state index is 13.5. The van der Waals surface area contributed by atoms with Crippen LogP contribution in [0.15, 0.2) is 42.5 Å². The van der Waals surface area contributed by atoms with Crippen molar-refractivity contribution in [1.82, 2.24) is 0 Å². The zero-order chi connectivity index (χ0) is 16.8. The molecule has 0 aliphatic carbocycles. The van der Waals surface area contributed by atoms with Gasteiger partial charge in [0.05, 0.1) is 19.0 Å². The Bertz CT molecular complexity index is 723. The third-order valence-electron chi connectivity index (χ3n) is 3.48. The van der Waals surface area contributed by atoms with E-state index in [1.54, 1.807) is 36.4 Å². The van der Waals surface area contributed by atoms with E-state index in [0.717, 1.165) is 6.42 Å². The Hall–Kier alpha value is -2.21. The number of fused-ring (bicyclic) bond motifs is 1. The van der Waals surface area contributed by atoms with Crippen molar-refractivity contribution >= 4 is 23.4 Å². The highest BCUT2D eigenvalue weighted by molar-refractivity contribution is 7.99. The van der Waals surface area contributed by atoms with Gasteiger partial charge in [0.15, 0.2) is 11.5 Å². The summed E-state index contributed by atoms with van der Waals surface area (Å²) in [6, 6.07) is 11.9. The van der Waals surface area contributed by atoms with Crippen LogP contribution < -0.4 is 14.8 Å². The van der Waals surface area contributed by atoms with Gasteiger partial charge < -0.3 is 14.8 Å². The van der Waals surface area contributed by atoms with Crippen LogP contribution in [0, 0.1) is 5.82 Å². The van der Waals surface area contributed by atoms with E-state index in [1.807, 2.05) is 0 Å². The summed E-state index contributed by atoms with van der Waals surface area (Å²) >= 11 is 1.37. The van der Waals surface area contributed by atoms with Gasteiger partial charge in [0.1, 0.15) is 5.82 Å². The first kappa shape index (κ1) is 16.6. The van der Waals surface area contributed by atoms with Crippen LogP contribution in [0.25, 0.3) is 0 Å². The fourth-order valence-corrected chi connectivity index (χ4v) is 3.12. The molecule has 0 atom stereocenters. The first-order valence-electron chi connectivity index (χ1n) is 7.73. The molecular formula is C18H18FNO3S. The summed E-state index contributed by atoms with van der Waals surface area (Å²) in [7, 11) is 0. The summed E-state index contributed by atoms with van der Waals surface area (Å²) in [6.07, 6.45) is 0.836. The van der Waals surface area contributed by atoms with E-state index in [9.17, 15) is 9.18 Å². The lowest BCUT2D eigenvalue weighted by atomic mass is 10.2. The largest absolute Gasteiger partial charge is 0.490 e. The molecule has 0 radical (unpaired) electrons.